The van der Waals surface area contributed by atoms with Gasteiger partial charge >= 0.3 is 0 Å². The predicted molar refractivity (Wildman–Crippen MR) is 78.6 cm³/mol. The molecule has 0 radical (unpaired) electrons. The Bertz CT molecular complexity index is 581. The Morgan fingerprint density at radius 1 is 1.53 bits per heavy atom. The van der Waals surface area contributed by atoms with Crippen LogP contribution in [0.15, 0.2) is 17.8 Å². The summed E-state index contributed by atoms with van der Waals surface area (Å²) in [4.78, 5) is 12.1. The number of piperidine rings is 1. The third-order valence-electron chi connectivity index (χ3n) is 4.24. The zero-order chi connectivity index (χ0) is 13.5. The van der Waals surface area contributed by atoms with E-state index in [4.69, 9.17) is 0 Å². The van der Waals surface area contributed by atoms with Gasteiger partial charge in [-0.25, -0.2) is 9.97 Å². The van der Waals surface area contributed by atoms with Crippen molar-refractivity contribution in [2.75, 3.05) is 18.0 Å². The summed E-state index contributed by atoms with van der Waals surface area (Å²) in [6.45, 7) is 5.82. The van der Waals surface area contributed by atoms with Gasteiger partial charge in [-0.15, -0.1) is 11.3 Å². The van der Waals surface area contributed by atoms with Crippen molar-refractivity contribution in [2.24, 2.45) is 5.92 Å². The number of thiophene rings is 1. The van der Waals surface area contributed by atoms with E-state index in [9.17, 15) is 5.11 Å². The lowest BCUT2D eigenvalue weighted by Crippen LogP contribution is -2.50. The minimum absolute atomic E-state index is 0.296. The molecule has 1 saturated heterocycles. The molecule has 0 spiro atoms. The molecule has 0 unspecified atom stereocenters. The molecule has 3 heterocycles. The smallest absolute Gasteiger partial charge is 0.140 e. The number of hydrogen-bond acceptors (Lipinski definition) is 5. The monoisotopic (exact) mass is 277 g/mol. The van der Waals surface area contributed by atoms with Gasteiger partial charge in [0.25, 0.3) is 0 Å². The lowest BCUT2D eigenvalue weighted by atomic mass is 9.81. The van der Waals surface area contributed by atoms with Crippen LogP contribution in [0.4, 0.5) is 5.82 Å². The van der Waals surface area contributed by atoms with Crippen molar-refractivity contribution in [1.29, 1.82) is 0 Å². The number of aromatic nitrogens is 2. The molecule has 2 aromatic heterocycles. The maximum absolute atomic E-state index is 10.4. The van der Waals surface area contributed by atoms with Gasteiger partial charge in [0.15, 0.2) is 0 Å². The lowest BCUT2D eigenvalue weighted by molar-refractivity contribution is -0.0183. The van der Waals surface area contributed by atoms with Gasteiger partial charge in [0.05, 0.1) is 11.0 Å². The molecule has 1 aliphatic heterocycles. The quantitative estimate of drug-likeness (QED) is 0.917. The zero-order valence-corrected chi connectivity index (χ0v) is 12.2. The first-order chi connectivity index (χ1) is 9.12. The van der Waals surface area contributed by atoms with Crippen LogP contribution in [0, 0.1) is 5.92 Å². The van der Waals surface area contributed by atoms with Crippen molar-refractivity contribution in [3.8, 4) is 0 Å². The Morgan fingerprint density at radius 2 is 2.37 bits per heavy atom. The van der Waals surface area contributed by atoms with Crippen molar-refractivity contribution < 1.29 is 5.11 Å². The average Bonchev–Trinajstić information content (AvgIpc) is 2.86. The van der Waals surface area contributed by atoms with E-state index in [1.807, 2.05) is 6.92 Å². The van der Waals surface area contributed by atoms with E-state index in [1.165, 1.54) is 0 Å². The van der Waals surface area contributed by atoms with E-state index in [-0.39, 0.29) is 0 Å². The average molecular weight is 277 g/mol. The van der Waals surface area contributed by atoms with Crippen molar-refractivity contribution >= 4 is 27.4 Å². The third-order valence-corrected chi connectivity index (χ3v) is 5.06. The topological polar surface area (TPSA) is 49.2 Å². The molecule has 2 atom stereocenters. The summed E-state index contributed by atoms with van der Waals surface area (Å²) in [5.74, 6) is 1.31. The summed E-state index contributed by atoms with van der Waals surface area (Å²) in [7, 11) is 0. The van der Waals surface area contributed by atoms with Gasteiger partial charge < -0.3 is 10.0 Å². The number of fused-ring (bicyclic) bond motifs is 1. The largest absolute Gasteiger partial charge is 0.390 e. The van der Waals surface area contributed by atoms with E-state index in [1.54, 1.807) is 17.7 Å². The van der Waals surface area contributed by atoms with Crippen LogP contribution in [-0.2, 0) is 0 Å². The Kier molecular flexibility index (Phi) is 3.19. The highest BCUT2D eigenvalue weighted by Gasteiger charge is 2.37. The molecular formula is C14H19N3OS. The van der Waals surface area contributed by atoms with Gasteiger partial charge in [-0.05, 0) is 31.2 Å². The molecule has 0 amide bonds. The lowest BCUT2D eigenvalue weighted by Gasteiger charge is -2.43. The van der Waals surface area contributed by atoms with E-state index in [2.05, 4.69) is 33.2 Å². The first kappa shape index (κ1) is 12.8. The van der Waals surface area contributed by atoms with Crippen LogP contribution in [0.3, 0.4) is 0 Å². The van der Waals surface area contributed by atoms with Gasteiger partial charge in [0.2, 0.25) is 0 Å². The van der Waals surface area contributed by atoms with Gasteiger partial charge in [0.1, 0.15) is 17.0 Å². The molecule has 1 N–H and O–H groups in total. The fourth-order valence-electron chi connectivity index (χ4n) is 2.91. The number of anilines is 1. The van der Waals surface area contributed by atoms with Gasteiger partial charge in [-0.3, -0.25) is 0 Å². The second kappa shape index (κ2) is 4.72. The van der Waals surface area contributed by atoms with Gasteiger partial charge in [-0.2, -0.15) is 0 Å². The molecular weight excluding hydrogens is 258 g/mol. The SMILES string of the molecule is CC[C@H]1CN(c2ncnc3sccc23)CC[C@@]1(C)O. The van der Waals surface area contributed by atoms with Crippen LogP contribution >= 0.6 is 11.3 Å². The summed E-state index contributed by atoms with van der Waals surface area (Å²) < 4.78 is 0. The molecule has 0 saturated carbocycles. The minimum Gasteiger partial charge on any atom is -0.390 e. The zero-order valence-electron chi connectivity index (χ0n) is 11.3. The highest BCUT2D eigenvalue weighted by Crippen LogP contribution is 2.34. The van der Waals surface area contributed by atoms with Gasteiger partial charge in [0, 0.05) is 19.0 Å². The van der Waals surface area contributed by atoms with Crippen molar-refractivity contribution in [2.45, 2.75) is 32.3 Å². The van der Waals surface area contributed by atoms with E-state index in [0.29, 0.717) is 5.92 Å². The second-order valence-electron chi connectivity index (χ2n) is 5.50. The highest BCUT2D eigenvalue weighted by molar-refractivity contribution is 7.16. The molecule has 5 heteroatoms. The second-order valence-corrected chi connectivity index (χ2v) is 6.39. The normalized spacial score (nSPS) is 27.9. The summed E-state index contributed by atoms with van der Waals surface area (Å²) in [6.07, 6.45) is 3.42. The van der Waals surface area contributed by atoms with Crippen LogP contribution in [0.25, 0.3) is 10.2 Å². The van der Waals surface area contributed by atoms with Crippen molar-refractivity contribution in [3.05, 3.63) is 17.8 Å². The van der Waals surface area contributed by atoms with Crippen LogP contribution in [0.2, 0.25) is 0 Å². The first-order valence-corrected chi connectivity index (χ1v) is 7.65. The fraction of sp³-hybridized carbons (Fsp3) is 0.571. The molecule has 0 bridgehead atoms. The predicted octanol–water partition coefficient (Wildman–Crippen LogP) is 2.68. The maximum Gasteiger partial charge on any atom is 0.140 e. The maximum atomic E-state index is 10.4. The minimum atomic E-state index is -0.550. The Labute approximate surface area is 117 Å². The molecule has 3 rings (SSSR count). The van der Waals surface area contributed by atoms with E-state index in [0.717, 1.165) is 42.0 Å². The van der Waals surface area contributed by atoms with E-state index < -0.39 is 5.60 Å². The summed E-state index contributed by atoms with van der Waals surface area (Å²) in [5.41, 5.74) is -0.550. The number of aliphatic hydroxyl groups is 1. The summed E-state index contributed by atoms with van der Waals surface area (Å²) in [6, 6.07) is 2.09. The highest BCUT2D eigenvalue weighted by atomic mass is 32.1. The van der Waals surface area contributed by atoms with Crippen molar-refractivity contribution in [1.82, 2.24) is 9.97 Å². The number of hydrogen-bond donors (Lipinski definition) is 1. The third kappa shape index (κ3) is 2.21. The Balaban J connectivity index is 1.93. The Morgan fingerprint density at radius 3 is 3.16 bits per heavy atom. The fourth-order valence-corrected chi connectivity index (χ4v) is 3.64. The molecule has 2 aromatic rings. The molecule has 0 aromatic carbocycles. The van der Waals surface area contributed by atoms with Gasteiger partial charge in [-0.1, -0.05) is 6.92 Å². The molecule has 0 aliphatic carbocycles. The number of rotatable bonds is 2. The molecule has 1 fully saturated rings. The first-order valence-electron chi connectivity index (χ1n) is 6.77. The van der Waals surface area contributed by atoms with Crippen LogP contribution < -0.4 is 4.90 Å². The molecule has 102 valence electrons. The number of nitrogens with zero attached hydrogens (tertiary/aromatic N) is 3. The summed E-state index contributed by atoms with van der Waals surface area (Å²) in [5, 5.41) is 13.6. The van der Waals surface area contributed by atoms with E-state index >= 15 is 0 Å². The molecule has 19 heavy (non-hydrogen) atoms. The van der Waals surface area contributed by atoms with Crippen molar-refractivity contribution in [3.63, 3.8) is 0 Å². The van der Waals surface area contributed by atoms with Crippen LogP contribution in [0.1, 0.15) is 26.7 Å². The van der Waals surface area contributed by atoms with Crippen LogP contribution in [-0.4, -0.2) is 33.8 Å². The Hall–Kier alpha value is -1.20. The van der Waals surface area contributed by atoms with Crippen LogP contribution in [0.5, 0.6) is 0 Å². The molecule has 1 aliphatic rings. The summed E-state index contributed by atoms with van der Waals surface area (Å²) >= 11 is 1.64. The molecule has 4 nitrogen and oxygen atoms in total. The standard InChI is InChI=1S/C14H19N3OS/c1-3-10-8-17(6-5-14(10,2)18)12-11-4-7-19-13(11)16-9-15-12/h4,7,9-10,18H,3,5-6,8H2,1-2H3/t10-,14+/m0/s1.